The van der Waals surface area contributed by atoms with Crippen molar-refractivity contribution in [2.45, 2.75) is 76.3 Å². The van der Waals surface area contributed by atoms with Gasteiger partial charge in [-0.1, -0.05) is 50.5 Å². The van der Waals surface area contributed by atoms with Crippen molar-refractivity contribution in [1.29, 1.82) is 0 Å². The maximum Gasteiger partial charge on any atom is 0.306 e. The van der Waals surface area contributed by atoms with Crippen molar-refractivity contribution in [2.24, 2.45) is 17.8 Å². The van der Waals surface area contributed by atoms with Gasteiger partial charge >= 0.3 is 5.97 Å². The van der Waals surface area contributed by atoms with Crippen LogP contribution in [0, 0.1) is 17.8 Å². The molecule has 5 heteroatoms. The number of thiol groups is 1. The highest BCUT2D eigenvalue weighted by atomic mass is 32.1. The molecule has 3 N–H and O–H groups in total. The first-order valence-corrected chi connectivity index (χ1v) is 10.00. The number of hydrogen-bond acceptors (Lipinski definition) is 4. The van der Waals surface area contributed by atoms with Crippen LogP contribution in [0.25, 0.3) is 0 Å². The average molecular weight is 371 g/mol. The molecule has 0 bridgehead atoms. The second-order valence-electron chi connectivity index (χ2n) is 7.06. The predicted molar refractivity (Wildman–Crippen MR) is 105 cm³/mol. The van der Waals surface area contributed by atoms with Gasteiger partial charge in [0.1, 0.15) is 0 Å². The molecule has 0 spiro atoms. The number of carboxylic acids is 1. The fraction of sp³-hybridized carbons (Fsp3) is 0.750. The van der Waals surface area contributed by atoms with E-state index in [0.29, 0.717) is 25.7 Å². The second kappa shape index (κ2) is 11.8. The summed E-state index contributed by atoms with van der Waals surface area (Å²) in [5, 5.41) is 30.1. The SMILES string of the molecule is C/C=C/CCC(C(=O)O)C1C(O)CC(S)C1/C=C/C(O)CCCCC. The van der Waals surface area contributed by atoms with Gasteiger partial charge in [-0.15, -0.1) is 0 Å². The number of allylic oxidation sites excluding steroid dienone is 3. The fourth-order valence-electron chi connectivity index (χ4n) is 3.75. The molecule has 0 aromatic heterocycles. The summed E-state index contributed by atoms with van der Waals surface area (Å²) in [6.45, 7) is 4.04. The number of unbranched alkanes of at least 4 members (excludes halogenated alkanes) is 2. The van der Waals surface area contributed by atoms with E-state index in [-0.39, 0.29) is 17.1 Å². The molecule has 1 fully saturated rings. The number of carboxylic acid groups (broad SMARTS) is 1. The molecule has 0 heterocycles. The summed E-state index contributed by atoms with van der Waals surface area (Å²) in [5.74, 6) is -1.96. The third kappa shape index (κ3) is 7.16. The van der Waals surface area contributed by atoms with E-state index in [1.165, 1.54) is 0 Å². The summed E-state index contributed by atoms with van der Waals surface area (Å²) in [7, 11) is 0. The Labute approximate surface area is 157 Å². The van der Waals surface area contributed by atoms with Gasteiger partial charge in [0.2, 0.25) is 0 Å². The minimum absolute atomic E-state index is 0.0809. The van der Waals surface area contributed by atoms with Gasteiger partial charge in [0.25, 0.3) is 0 Å². The smallest absolute Gasteiger partial charge is 0.306 e. The molecule has 0 radical (unpaired) electrons. The standard InChI is InChI=1S/C20H34O4S/c1-3-5-7-9-14(21)11-12-15-18(25)13-17(22)19(15)16(20(23)24)10-8-6-4-2/h4,6,11-12,14-19,21-22,25H,3,5,7-10,13H2,1-2H3,(H,23,24)/b6-4+,12-11+. The van der Waals surface area contributed by atoms with E-state index in [2.05, 4.69) is 19.6 Å². The first-order valence-electron chi connectivity index (χ1n) is 9.48. The topological polar surface area (TPSA) is 77.8 Å². The normalized spacial score (nSPS) is 29.5. The first-order chi connectivity index (χ1) is 11.9. The van der Waals surface area contributed by atoms with Crippen molar-refractivity contribution in [3.8, 4) is 0 Å². The van der Waals surface area contributed by atoms with Gasteiger partial charge in [-0.25, -0.2) is 0 Å². The molecular weight excluding hydrogens is 336 g/mol. The Kier molecular flexibility index (Phi) is 10.5. The highest BCUT2D eigenvalue weighted by Crippen LogP contribution is 2.42. The Morgan fingerprint density at radius 3 is 2.64 bits per heavy atom. The van der Waals surface area contributed by atoms with Crippen LogP contribution < -0.4 is 0 Å². The zero-order valence-electron chi connectivity index (χ0n) is 15.4. The first kappa shape index (κ1) is 22.3. The van der Waals surface area contributed by atoms with E-state index in [1.54, 1.807) is 6.08 Å². The van der Waals surface area contributed by atoms with E-state index in [0.717, 1.165) is 19.3 Å². The highest BCUT2D eigenvalue weighted by molar-refractivity contribution is 7.81. The van der Waals surface area contributed by atoms with Crippen molar-refractivity contribution < 1.29 is 20.1 Å². The number of rotatable bonds is 11. The van der Waals surface area contributed by atoms with Crippen LogP contribution in [0.1, 0.15) is 58.8 Å². The van der Waals surface area contributed by atoms with Crippen molar-refractivity contribution in [3.63, 3.8) is 0 Å². The summed E-state index contributed by atoms with van der Waals surface area (Å²) in [6, 6.07) is 0. The number of aliphatic hydroxyl groups is 2. The van der Waals surface area contributed by atoms with Crippen molar-refractivity contribution >= 4 is 18.6 Å². The molecule has 1 aliphatic rings. The predicted octanol–water partition coefficient (Wildman–Crippen LogP) is 3.84. The molecule has 25 heavy (non-hydrogen) atoms. The van der Waals surface area contributed by atoms with Gasteiger partial charge in [-0.3, -0.25) is 4.79 Å². The Balaban J connectivity index is 2.80. The lowest BCUT2D eigenvalue weighted by Gasteiger charge is -2.27. The van der Waals surface area contributed by atoms with E-state index in [9.17, 15) is 20.1 Å². The molecule has 0 amide bonds. The molecule has 4 nitrogen and oxygen atoms in total. The fourth-order valence-corrected chi connectivity index (χ4v) is 4.26. The summed E-state index contributed by atoms with van der Waals surface area (Å²) >= 11 is 4.57. The summed E-state index contributed by atoms with van der Waals surface area (Å²) in [6.07, 6.45) is 11.9. The quantitative estimate of drug-likeness (QED) is 0.253. The lowest BCUT2D eigenvalue weighted by Crippen LogP contribution is -2.33. The van der Waals surface area contributed by atoms with Crippen molar-refractivity contribution in [1.82, 2.24) is 0 Å². The van der Waals surface area contributed by atoms with Gasteiger partial charge in [0.05, 0.1) is 18.1 Å². The van der Waals surface area contributed by atoms with Crippen molar-refractivity contribution in [2.75, 3.05) is 0 Å². The van der Waals surface area contributed by atoms with Gasteiger partial charge in [0, 0.05) is 11.2 Å². The van der Waals surface area contributed by atoms with Crippen LogP contribution in [0.5, 0.6) is 0 Å². The highest BCUT2D eigenvalue weighted by Gasteiger charge is 2.45. The third-order valence-corrected chi connectivity index (χ3v) is 5.69. The lowest BCUT2D eigenvalue weighted by atomic mass is 9.79. The van der Waals surface area contributed by atoms with Gasteiger partial charge in [-0.2, -0.15) is 12.6 Å². The zero-order chi connectivity index (χ0) is 18.8. The largest absolute Gasteiger partial charge is 0.481 e. The maximum atomic E-state index is 11.8. The summed E-state index contributed by atoms with van der Waals surface area (Å²) < 4.78 is 0. The molecule has 0 aliphatic heterocycles. The molecule has 144 valence electrons. The van der Waals surface area contributed by atoms with Crippen molar-refractivity contribution in [3.05, 3.63) is 24.3 Å². The number of aliphatic hydroxyl groups excluding tert-OH is 2. The Bertz CT molecular complexity index is 449. The molecule has 1 aliphatic carbocycles. The molecule has 1 saturated carbocycles. The Morgan fingerprint density at radius 2 is 2.04 bits per heavy atom. The van der Waals surface area contributed by atoms with Crippen LogP contribution in [0.2, 0.25) is 0 Å². The third-order valence-electron chi connectivity index (χ3n) is 5.14. The monoisotopic (exact) mass is 370 g/mol. The van der Waals surface area contributed by atoms with Gasteiger partial charge in [0.15, 0.2) is 0 Å². The minimum Gasteiger partial charge on any atom is -0.481 e. The van der Waals surface area contributed by atoms with Crippen LogP contribution >= 0.6 is 12.6 Å². The van der Waals surface area contributed by atoms with Crippen LogP contribution in [0.4, 0.5) is 0 Å². The van der Waals surface area contributed by atoms with E-state index >= 15 is 0 Å². The molecule has 6 atom stereocenters. The number of aliphatic carboxylic acids is 1. The van der Waals surface area contributed by atoms with Gasteiger partial charge in [-0.05, 0) is 38.5 Å². The molecule has 0 aromatic carbocycles. The van der Waals surface area contributed by atoms with Crippen LogP contribution in [0.15, 0.2) is 24.3 Å². The minimum atomic E-state index is -0.863. The van der Waals surface area contributed by atoms with Crippen LogP contribution in [-0.2, 0) is 4.79 Å². The average Bonchev–Trinajstić information content (AvgIpc) is 2.83. The molecular formula is C20H34O4S. The maximum absolute atomic E-state index is 11.8. The molecule has 0 aromatic rings. The molecule has 0 saturated heterocycles. The number of hydrogen-bond donors (Lipinski definition) is 4. The van der Waals surface area contributed by atoms with Gasteiger partial charge < -0.3 is 15.3 Å². The Hall–Kier alpha value is -0.780. The van der Waals surface area contributed by atoms with E-state index < -0.39 is 24.1 Å². The summed E-state index contributed by atoms with van der Waals surface area (Å²) in [4.78, 5) is 11.8. The zero-order valence-corrected chi connectivity index (χ0v) is 16.3. The van der Waals surface area contributed by atoms with E-state index in [1.807, 2.05) is 25.2 Å². The van der Waals surface area contributed by atoms with E-state index in [4.69, 9.17) is 0 Å². The second-order valence-corrected chi connectivity index (χ2v) is 7.73. The summed E-state index contributed by atoms with van der Waals surface area (Å²) in [5.41, 5.74) is 0. The molecule has 1 rings (SSSR count). The Morgan fingerprint density at radius 1 is 1.32 bits per heavy atom. The lowest BCUT2D eigenvalue weighted by molar-refractivity contribution is -0.145. The number of carbonyl (C=O) groups is 1. The van der Waals surface area contributed by atoms with Crippen LogP contribution in [0.3, 0.4) is 0 Å². The van der Waals surface area contributed by atoms with Crippen LogP contribution in [-0.4, -0.2) is 38.7 Å². The molecule has 6 unspecified atom stereocenters.